The highest BCUT2D eigenvalue weighted by Gasteiger charge is 2.46. The predicted molar refractivity (Wildman–Crippen MR) is 177 cm³/mol. The maximum Gasteiger partial charge on any atom is 0.256 e. The van der Waals surface area contributed by atoms with Gasteiger partial charge in [-0.1, -0.05) is 36.9 Å². The van der Waals surface area contributed by atoms with Gasteiger partial charge in [-0.3, -0.25) is 19.3 Å². The van der Waals surface area contributed by atoms with Gasteiger partial charge in [-0.15, -0.1) is 0 Å². The van der Waals surface area contributed by atoms with Gasteiger partial charge in [-0.25, -0.2) is 4.39 Å². The van der Waals surface area contributed by atoms with Crippen molar-refractivity contribution >= 4 is 35.0 Å². The largest absolute Gasteiger partial charge is 0.337 e. The molecule has 2 atom stereocenters. The van der Waals surface area contributed by atoms with Crippen LogP contribution in [-0.2, 0) is 9.59 Å². The lowest BCUT2D eigenvalue weighted by molar-refractivity contribution is -0.141. The lowest BCUT2D eigenvalue weighted by Crippen LogP contribution is -2.63. The number of carbonyl (C=O) groups is 3. The van der Waals surface area contributed by atoms with Gasteiger partial charge >= 0.3 is 0 Å². The van der Waals surface area contributed by atoms with E-state index in [1.165, 1.54) is 25.3 Å². The smallest absolute Gasteiger partial charge is 0.256 e. The third-order valence-corrected chi connectivity index (χ3v) is 11.3. The van der Waals surface area contributed by atoms with E-state index in [9.17, 15) is 18.8 Å². The molecule has 3 amide bonds. The summed E-state index contributed by atoms with van der Waals surface area (Å²) >= 11 is 6.02. The van der Waals surface area contributed by atoms with E-state index >= 15 is 0 Å². The molecule has 0 unspecified atom stereocenters. The molecule has 2 aromatic carbocycles. The summed E-state index contributed by atoms with van der Waals surface area (Å²) in [6.07, 6.45) is 10.8. The number of benzene rings is 2. The standard InChI is InChI=1S/C36H45ClFN5O3/c37-26-9-10-28(30(38)22-26)25-8-11-31-29(21-25)34(44)43-20-19-40(35(45)32-7-4-17-41(32)27-5-2-1-3-6-27)23-33(43)36(46)42(31)18-14-24-12-15-39-16-13-24/h8-11,21-22,24,27,32-33,39H,1-7,12-20,23H2/t32-,33+/m0/s1. The fourth-order valence-electron chi connectivity index (χ4n) is 8.55. The molecule has 4 fully saturated rings. The number of piperazine rings is 1. The summed E-state index contributed by atoms with van der Waals surface area (Å²) in [5.74, 6) is -0.254. The first-order chi connectivity index (χ1) is 22.4. The van der Waals surface area contributed by atoms with Gasteiger partial charge in [0.25, 0.3) is 11.8 Å². The Bertz CT molecular complexity index is 1480. The second-order valence-corrected chi connectivity index (χ2v) is 14.3. The Morgan fingerprint density at radius 1 is 0.891 bits per heavy atom. The first kappa shape index (κ1) is 31.6. The number of hydrogen-bond acceptors (Lipinski definition) is 5. The summed E-state index contributed by atoms with van der Waals surface area (Å²) in [4.78, 5) is 50.6. The third-order valence-electron chi connectivity index (χ3n) is 11.1. The highest BCUT2D eigenvalue weighted by atomic mass is 35.5. The quantitative estimate of drug-likeness (QED) is 0.458. The minimum Gasteiger partial charge on any atom is -0.337 e. The van der Waals surface area contributed by atoms with E-state index < -0.39 is 11.9 Å². The van der Waals surface area contributed by atoms with Gasteiger partial charge in [-0.2, -0.15) is 0 Å². The molecule has 246 valence electrons. The molecular formula is C36H45ClFN5O3. The van der Waals surface area contributed by atoms with Crippen molar-refractivity contribution in [2.24, 2.45) is 5.92 Å². The Labute approximate surface area is 276 Å². The minimum atomic E-state index is -0.758. The number of piperidine rings is 1. The van der Waals surface area contributed by atoms with Gasteiger partial charge < -0.3 is 20.0 Å². The summed E-state index contributed by atoms with van der Waals surface area (Å²) in [6, 6.07) is 9.37. The summed E-state index contributed by atoms with van der Waals surface area (Å²) in [5, 5.41) is 3.71. The molecule has 0 radical (unpaired) electrons. The number of rotatable bonds is 6. The fourth-order valence-corrected chi connectivity index (χ4v) is 8.71. The molecule has 4 aliphatic heterocycles. The van der Waals surface area contributed by atoms with Gasteiger partial charge in [0.1, 0.15) is 11.9 Å². The maximum atomic E-state index is 15.0. The average molecular weight is 650 g/mol. The Morgan fingerprint density at radius 3 is 2.48 bits per heavy atom. The van der Waals surface area contributed by atoms with E-state index in [1.54, 1.807) is 40.1 Å². The minimum absolute atomic E-state index is 0.103. The summed E-state index contributed by atoms with van der Waals surface area (Å²) in [7, 11) is 0. The van der Waals surface area contributed by atoms with E-state index in [4.69, 9.17) is 11.6 Å². The van der Waals surface area contributed by atoms with Crippen LogP contribution in [0, 0.1) is 11.7 Å². The molecule has 5 aliphatic rings. The van der Waals surface area contributed by atoms with Crippen molar-refractivity contribution in [1.29, 1.82) is 0 Å². The van der Waals surface area contributed by atoms with E-state index in [2.05, 4.69) is 10.2 Å². The number of nitrogens with one attached hydrogen (secondary N) is 1. The molecule has 7 rings (SSSR count). The van der Waals surface area contributed by atoms with Crippen LogP contribution >= 0.6 is 11.6 Å². The topological polar surface area (TPSA) is 76.2 Å². The normalized spacial score (nSPS) is 25.0. The zero-order chi connectivity index (χ0) is 31.8. The summed E-state index contributed by atoms with van der Waals surface area (Å²) < 4.78 is 15.0. The number of carbonyl (C=O) groups excluding carboxylic acids is 3. The summed E-state index contributed by atoms with van der Waals surface area (Å²) in [6.45, 7) is 4.28. The Kier molecular flexibility index (Phi) is 9.35. The van der Waals surface area contributed by atoms with Crippen LogP contribution in [0.25, 0.3) is 11.1 Å². The molecule has 0 bridgehead atoms. The molecule has 46 heavy (non-hydrogen) atoms. The van der Waals surface area contributed by atoms with Gasteiger partial charge in [-0.05, 0) is 106 Å². The molecule has 10 heteroatoms. The van der Waals surface area contributed by atoms with Crippen molar-refractivity contribution in [3.63, 3.8) is 0 Å². The van der Waals surface area contributed by atoms with E-state index in [-0.39, 0.29) is 36.9 Å². The van der Waals surface area contributed by atoms with Crippen LogP contribution in [0.5, 0.6) is 0 Å². The van der Waals surface area contributed by atoms with E-state index in [1.807, 2.05) is 4.90 Å². The van der Waals surface area contributed by atoms with Crippen LogP contribution in [0.4, 0.5) is 10.1 Å². The first-order valence-electron chi connectivity index (χ1n) is 17.4. The van der Waals surface area contributed by atoms with Crippen LogP contribution in [0.3, 0.4) is 0 Å². The Balaban J connectivity index is 1.17. The number of amides is 3. The number of fused-ring (bicyclic) bond motifs is 2. The van der Waals surface area contributed by atoms with Crippen LogP contribution in [0.15, 0.2) is 36.4 Å². The van der Waals surface area contributed by atoms with Crippen molar-refractivity contribution in [1.82, 2.24) is 20.0 Å². The number of likely N-dealkylation sites (tertiary alicyclic amines) is 1. The van der Waals surface area contributed by atoms with Crippen LogP contribution in [0.2, 0.25) is 5.02 Å². The highest BCUT2D eigenvalue weighted by molar-refractivity contribution is 6.30. The Morgan fingerprint density at radius 2 is 1.70 bits per heavy atom. The van der Waals surface area contributed by atoms with Crippen molar-refractivity contribution in [3.8, 4) is 11.1 Å². The van der Waals surface area contributed by atoms with E-state index in [0.717, 1.165) is 64.6 Å². The van der Waals surface area contributed by atoms with Crippen LogP contribution in [-0.4, -0.2) is 96.4 Å². The number of anilines is 1. The lowest BCUT2D eigenvalue weighted by atomic mass is 9.93. The monoisotopic (exact) mass is 649 g/mol. The summed E-state index contributed by atoms with van der Waals surface area (Å²) in [5.41, 5.74) is 1.87. The number of halogens is 2. The zero-order valence-corrected chi connectivity index (χ0v) is 27.3. The molecule has 1 aliphatic carbocycles. The number of nitrogens with zero attached hydrogens (tertiary/aromatic N) is 4. The van der Waals surface area contributed by atoms with Crippen molar-refractivity contribution in [2.75, 3.05) is 50.7 Å². The molecule has 1 N–H and O–H groups in total. The molecule has 1 saturated carbocycles. The van der Waals surface area contributed by atoms with Gasteiger partial charge in [0.15, 0.2) is 0 Å². The molecule has 3 saturated heterocycles. The molecule has 2 aromatic rings. The zero-order valence-electron chi connectivity index (χ0n) is 26.6. The Hall–Kier alpha value is -3.01. The second-order valence-electron chi connectivity index (χ2n) is 13.8. The van der Waals surface area contributed by atoms with Gasteiger partial charge in [0.2, 0.25) is 5.91 Å². The average Bonchev–Trinajstić information content (AvgIpc) is 3.56. The molecule has 8 nitrogen and oxygen atoms in total. The highest BCUT2D eigenvalue weighted by Crippen LogP contribution is 2.36. The predicted octanol–water partition coefficient (Wildman–Crippen LogP) is 5.33. The van der Waals surface area contributed by atoms with Crippen LogP contribution < -0.4 is 10.2 Å². The van der Waals surface area contributed by atoms with Crippen molar-refractivity contribution in [3.05, 3.63) is 52.8 Å². The molecule has 0 aromatic heterocycles. The van der Waals surface area contributed by atoms with Crippen molar-refractivity contribution in [2.45, 2.75) is 82.3 Å². The molecule has 4 heterocycles. The lowest BCUT2D eigenvalue weighted by Gasteiger charge is -2.43. The van der Waals surface area contributed by atoms with Gasteiger partial charge in [0.05, 0.1) is 23.8 Å². The molecule has 0 spiro atoms. The van der Waals surface area contributed by atoms with Gasteiger partial charge in [0, 0.05) is 36.3 Å². The van der Waals surface area contributed by atoms with Crippen LogP contribution in [0.1, 0.15) is 74.6 Å². The third kappa shape index (κ3) is 6.18. The fraction of sp³-hybridized carbons (Fsp3) is 0.583. The number of hydrogen-bond donors (Lipinski definition) is 1. The van der Waals surface area contributed by atoms with E-state index in [0.29, 0.717) is 52.4 Å². The second kappa shape index (κ2) is 13.6. The van der Waals surface area contributed by atoms with Crippen molar-refractivity contribution < 1.29 is 18.8 Å². The maximum absolute atomic E-state index is 15.0. The molecular weight excluding hydrogens is 605 g/mol. The first-order valence-corrected chi connectivity index (χ1v) is 17.7. The SMILES string of the molecule is O=C([C@@H]1CCCN1C1CCCCC1)N1CCN2C(=O)c3cc(-c4ccc(Cl)cc4F)ccc3N(CCC3CCNCC3)C(=O)[C@H]2C1.